The highest BCUT2D eigenvalue weighted by molar-refractivity contribution is 5.94. The van der Waals surface area contributed by atoms with Crippen molar-refractivity contribution in [3.8, 4) is 0 Å². The van der Waals surface area contributed by atoms with Crippen LogP contribution >= 0.6 is 0 Å². The van der Waals surface area contributed by atoms with Crippen molar-refractivity contribution >= 4 is 23.9 Å². The van der Waals surface area contributed by atoms with Crippen LogP contribution in [0.1, 0.15) is 32.3 Å². The average molecular weight is 393 g/mol. The summed E-state index contributed by atoms with van der Waals surface area (Å²) >= 11 is 0. The van der Waals surface area contributed by atoms with Crippen molar-refractivity contribution < 1.29 is 33.5 Å². The van der Waals surface area contributed by atoms with Crippen molar-refractivity contribution in [3.63, 3.8) is 0 Å². The summed E-state index contributed by atoms with van der Waals surface area (Å²) in [4.78, 5) is 34.2. The molecule has 0 bridgehead atoms. The molecular formula is C17H19N3O8. The number of nitrogens with one attached hydrogen (secondary N) is 1. The minimum atomic E-state index is -1.02. The van der Waals surface area contributed by atoms with Crippen molar-refractivity contribution in [1.82, 2.24) is 5.43 Å². The molecule has 1 aliphatic rings. The van der Waals surface area contributed by atoms with E-state index in [4.69, 9.17) is 18.9 Å². The fourth-order valence-corrected chi connectivity index (χ4v) is 2.39. The quantitative estimate of drug-likeness (QED) is 0.454. The monoisotopic (exact) mass is 393 g/mol. The highest BCUT2D eigenvalue weighted by atomic mass is 16.7. The molecule has 150 valence electrons. The SMILES string of the molecule is CCOC(=O)OC1=NNC(C)=C(OC(=O)OCC)C1c1cccc([N+](=O)[O-])c1. The molecule has 0 fully saturated rings. The third-order valence-electron chi connectivity index (χ3n) is 3.53. The van der Waals surface area contributed by atoms with Crippen LogP contribution < -0.4 is 5.43 Å². The first-order chi connectivity index (χ1) is 13.4. The Hall–Kier alpha value is -3.63. The minimum Gasteiger partial charge on any atom is -0.434 e. The molecule has 1 N–H and O–H groups in total. The summed E-state index contributed by atoms with van der Waals surface area (Å²) < 4.78 is 19.9. The van der Waals surface area contributed by atoms with Gasteiger partial charge in [0.2, 0.25) is 5.90 Å². The van der Waals surface area contributed by atoms with Gasteiger partial charge in [0.1, 0.15) is 11.7 Å². The summed E-state index contributed by atoms with van der Waals surface area (Å²) in [6.07, 6.45) is -2.00. The molecule has 1 heterocycles. The summed E-state index contributed by atoms with van der Waals surface area (Å²) in [5.74, 6) is -1.20. The number of benzene rings is 1. The molecule has 0 amide bonds. The van der Waals surface area contributed by atoms with E-state index < -0.39 is 23.2 Å². The standard InChI is InChI=1S/C17H19N3O8/c1-4-25-16(21)27-14-10(3)18-19-15(28-17(22)26-5-2)13(14)11-7-6-8-12(9-11)20(23)24/h6-9,13,18H,4-5H2,1-3H3. The molecule has 0 saturated heterocycles. The molecule has 0 radical (unpaired) electrons. The zero-order valence-electron chi connectivity index (χ0n) is 15.5. The van der Waals surface area contributed by atoms with Gasteiger partial charge in [-0.05, 0) is 26.3 Å². The number of nitrogens with zero attached hydrogens (tertiary/aromatic N) is 2. The maximum Gasteiger partial charge on any atom is 0.515 e. The molecule has 0 spiro atoms. The van der Waals surface area contributed by atoms with Crippen molar-refractivity contribution in [2.75, 3.05) is 13.2 Å². The number of hydrazone groups is 1. The second-order valence-electron chi connectivity index (χ2n) is 5.41. The predicted molar refractivity (Wildman–Crippen MR) is 95.3 cm³/mol. The van der Waals surface area contributed by atoms with E-state index in [2.05, 4.69) is 10.5 Å². The molecular weight excluding hydrogens is 374 g/mol. The van der Waals surface area contributed by atoms with E-state index in [9.17, 15) is 19.7 Å². The summed E-state index contributed by atoms with van der Waals surface area (Å²) in [6, 6.07) is 5.57. The van der Waals surface area contributed by atoms with Gasteiger partial charge in [-0.2, -0.15) is 0 Å². The number of hydrogen-bond acceptors (Lipinski definition) is 10. The summed E-state index contributed by atoms with van der Waals surface area (Å²) in [7, 11) is 0. The summed E-state index contributed by atoms with van der Waals surface area (Å²) in [5.41, 5.74) is 3.04. The molecule has 1 aromatic carbocycles. The molecule has 0 saturated carbocycles. The highest BCUT2D eigenvalue weighted by Gasteiger charge is 2.35. The van der Waals surface area contributed by atoms with Crippen molar-refractivity contribution in [2.45, 2.75) is 26.7 Å². The lowest BCUT2D eigenvalue weighted by atomic mass is 9.94. The van der Waals surface area contributed by atoms with Crippen LogP contribution in [0, 0.1) is 10.1 Å². The molecule has 1 atom stereocenters. The first-order valence-corrected chi connectivity index (χ1v) is 8.35. The number of non-ortho nitro benzene ring substituents is 1. The molecule has 0 aliphatic carbocycles. The van der Waals surface area contributed by atoms with E-state index in [-0.39, 0.29) is 30.6 Å². The van der Waals surface area contributed by atoms with Gasteiger partial charge in [-0.25, -0.2) is 9.59 Å². The summed E-state index contributed by atoms with van der Waals surface area (Å²) in [6.45, 7) is 4.93. The Bertz CT molecular complexity index is 833. The van der Waals surface area contributed by atoms with E-state index in [0.717, 1.165) is 0 Å². The minimum absolute atomic E-state index is 0.0215. The maximum absolute atomic E-state index is 11.9. The van der Waals surface area contributed by atoms with Crippen LogP contribution in [-0.4, -0.2) is 36.3 Å². The normalized spacial score (nSPS) is 15.8. The molecule has 11 heteroatoms. The van der Waals surface area contributed by atoms with Gasteiger partial charge in [0.25, 0.3) is 5.69 Å². The van der Waals surface area contributed by atoms with Crippen molar-refractivity contribution in [2.24, 2.45) is 5.10 Å². The number of carbonyl (C=O) groups is 2. The Kier molecular flexibility index (Phi) is 6.90. The van der Waals surface area contributed by atoms with E-state index in [0.29, 0.717) is 11.3 Å². The Morgan fingerprint density at radius 1 is 1.18 bits per heavy atom. The Labute approximate surface area is 160 Å². The fraction of sp³-hybridized carbons (Fsp3) is 0.353. The van der Waals surface area contributed by atoms with Crippen LogP contribution in [0.25, 0.3) is 0 Å². The van der Waals surface area contributed by atoms with Crippen molar-refractivity contribution in [3.05, 3.63) is 51.4 Å². The van der Waals surface area contributed by atoms with Crippen molar-refractivity contribution in [1.29, 1.82) is 0 Å². The molecule has 0 aromatic heterocycles. The average Bonchev–Trinajstić information content (AvgIpc) is 2.65. The van der Waals surface area contributed by atoms with Crippen LogP contribution in [-0.2, 0) is 18.9 Å². The van der Waals surface area contributed by atoms with E-state index >= 15 is 0 Å². The Morgan fingerprint density at radius 2 is 1.82 bits per heavy atom. The van der Waals surface area contributed by atoms with Crippen LogP contribution in [0.3, 0.4) is 0 Å². The highest BCUT2D eigenvalue weighted by Crippen LogP contribution is 2.33. The third-order valence-corrected chi connectivity index (χ3v) is 3.53. The number of hydrogen-bond donors (Lipinski definition) is 1. The van der Waals surface area contributed by atoms with Gasteiger partial charge in [-0.15, -0.1) is 5.10 Å². The molecule has 1 aliphatic heterocycles. The number of nitro groups is 1. The van der Waals surface area contributed by atoms with Gasteiger partial charge in [-0.3, -0.25) is 15.5 Å². The lowest BCUT2D eigenvalue weighted by Crippen LogP contribution is -2.32. The fourth-order valence-electron chi connectivity index (χ4n) is 2.39. The molecule has 11 nitrogen and oxygen atoms in total. The predicted octanol–water partition coefficient (Wildman–Crippen LogP) is 3.17. The lowest BCUT2D eigenvalue weighted by Gasteiger charge is -2.26. The molecule has 28 heavy (non-hydrogen) atoms. The Morgan fingerprint density at radius 3 is 2.43 bits per heavy atom. The number of ether oxygens (including phenoxy) is 4. The topological polar surface area (TPSA) is 139 Å². The van der Waals surface area contributed by atoms with Crippen LogP contribution in [0.15, 0.2) is 40.8 Å². The number of carbonyl (C=O) groups excluding carboxylic acids is 2. The molecule has 1 unspecified atom stereocenters. The second-order valence-corrected chi connectivity index (χ2v) is 5.41. The van der Waals surface area contributed by atoms with Gasteiger partial charge in [0, 0.05) is 12.1 Å². The molecule has 1 aromatic rings. The first-order valence-electron chi connectivity index (χ1n) is 8.35. The van der Waals surface area contributed by atoms with Gasteiger partial charge in [-0.1, -0.05) is 12.1 Å². The van der Waals surface area contributed by atoms with Crippen LogP contribution in [0.2, 0.25) is 0 Å². The van der Waals surface area contributed by atoms with Crippen LogP contribution in [0.4, 0.5) is 15.3 Å². The van der Waals surface area contributed by atoms with E-state index in [1.807, 2.05) is 0 Å². The lowest BCUT2D eigenvalue weighted by molar-refractivity contribution is -0.384. The zero-order chi connectivity index (χ0) is 20.7. The van der Waals surface area contributed by atoms with E-state index in [1.54, 1.807) is 26.8 Å². The second kappa shape index (κ2) is 9.35. The van der Waals surface area contributed by atoms with Gasteiger partial charge in [0.15, 0.2) is 0 Å². The van der Waals surface area contributed by atoms with E-state index in [1.165, 1.54) is 18.2 Å². The van der Waals surface area contributed by atoms with Gasteiger partial charge >= 0.3 is 12.3 Å². The largest absolute Gasteiger partial charge is 0.515 e. The van der Waals surface area contributed by atoms with Crippen LogP contribution in [0.5, 0.6) is 0 Å². The number of nitro benzene ring substituents is 1. The maximum atomic E-state index is 11.9. The van der Waals surface area contributed by atoms with Gasteiger partial charge in [0.05, 0.1) is 23.8 Å². The zero-order valence-corrected chi connectivity index (χ0v) is 15.5. The first kappa shape index (κ1) is 20.7. The Balaban J connectivity index is 2.46. The summed E-state index contributed by atoms with van der Waals surface area (Å²) in [5, 5.41) is 15.1. The van der Waals surface area contributed by atoms with Gasteiger partial charge < -0.3 is 18.9 Å². The smallest absolute Gasteiger partial charge is 0.434 e. The number of allylic oxidation sites excluding steroid dienone is 1. The molecule has 2 rings (SSSR count). The third kappa shape index (κ3) is 4.96. The number of rotatable bonds is 5.